The lowest BCUT2D eigenvalue weighted by molar-refractivity contribution is -0.118. The molecule has 0 radical (unpaired) electrons. The fraction of sp³-hybridized carbons (Fsp3) is 0.357. The molecule has 0 saturated carbocycles. The van der Waals surface area contributed by atoms with E-state index in [1.165, 1.54) is 25.1 Å². The number of amides is 4. The molecule has 0 fully saturated rings. The molecule has 0 atom stereocenters. The van der Waals surface area contributed by atoms with Gasteiger partial charge in [0, 0.05) is 19.2 Å². The summed E-state index contributed by atoms with van der Waals surface area (Å²) in [5, 5.41) is 9.67. The Morgan fingerprint density at radius 1 is 1.23 bits per heavy atom. The number of hydrogen-bond donors (Lipinski definition) is 4. The summed E-state index contributed by atoms with van der Waals surface area (Å²) in [4.78, 5) is 33.8. The molecule has 0 unspecified atom stereocenters. The molecular formula is C14H19FN4O3. The van der Waals surface area contributed by atoms with Gasteiger partial charge < -0.3 is 16.0 Å². The Morgan fingerprint density at radius 2 is 1.95 bits per heavy atom. The van der Waals surface area contributed by atoms with Crippen molar-refractivity contribution in [3.05, 3.63) is 24.0 Å². The Morgan fingerprint density at radius 3 is 2.59 bits per heavy atom. The number of halogens is 1. The van der Waals surface area contributed by atoms with Crippen LogP contribution in [0.2, 0.25) is 0 Å². The summed E-state index contributed by atoms with van der Waals surface area (Å²) in [7, 11) is 0. The predicted octanol–water partition coefficient (Wildman–Crippen LogP) is 1.43. The normalized spacial score (nSPS) is 9.77. The molecule has 22 heavy (non-hydrogen) atoms. The SMILES string of the molecule is CCCNC(=O)NC(=O)CNc1cc(NC(C)=O)ccc1F. The number of carbonyl (C=O) groups is 3. The van der Waals surface area contributed by atoms with Gasteiger partial charge in [-0.3, -0.25) is 14.9 Å². The second-order valence-corrected chi connectivity index (χ2v) is 4.53. The number of rotatable bonds is 6. The average Bonchev–Trinajstić information content (AvgIpc) is 2.45. The van der Waals surface area contributed by atoms with Crippen LogP contribution < -0.4 is 21.3 Å². The van der Waals surface area contributed by atoms with Gasteiger partial charge >= 0.3 is 6.03 Å². The van der Waals surface area contributed by atoms with E-state index in [1.807, 2.05) is 6.92 Å². The molecule has 1 aromatic carbocycles. The molecule has 0 bridgehead atoms. The van der Waals surface area contributed by atoms with Crippen molar-refractivity contribution < 1.29 is 18.8 Å². The lowest BCUT2D eigenvalue weighted by Gasteiger charge is -2.10. The molecule has 4 N–H and O–H groups in total. The van der Waals surface area contributed by atoms with Crippen LogP contribution in [0.4, 0.5) is 20.6 Å². The zero-order valence-electron chi connectivity index (χ0n) is 12.5. The van der Waals surface area contributed by atoms with E-state index < -0.39 is 17.8 Å². The van der Waals surface area contributed by atoms with Gasteiger partial charge in [0.1, 0.15) is 5.82 Å². The third kappa shape index (κ3) is 6.21. The first-order chi connectivity index (χ1) is 10.4. The highest BCUT2D eigenvalue weighted by Crippen LogP contribution is 2.19. The second kappa shape index (κ2) is 8.60. The molecule has 0 aliphatic heterocycles. The fourth-order valence-corrected chi connectivity index (χ4v) is 1.57. The van der Waals surface area contributed by atoms with Gasteiger partial charge in [0.2, 0.25) is 11.8 Å². The zero-order valence-corrected chi connectivity index (χ0v) is 12.5. The van der Waals surface area contributed by atoms with Gasteiger partial charge in [-0.2, -0.15) is 0 Å². The van der Waals surface area contributed by atoms with E-state index in [2.05, 4.69) is 21.3 Å². The van der Waals surface area contributed by atoms with E-state index in [0.29, 0.717) is 12.2 Å². The van der Waals surface area contributed by atoms with E-state index in [1.54, 1.807) is 0 Å². The topological polar surface area (TPSA) is 99.3 Å². The highest BCUT2D eigenvalue weighted by Gasteiger charge is 2.09. The summed E-state index contributed by atoms with van der Waals surface area (Å²) in [5.74, 6) is -1.46. The molecule has 0 saturated heterocycles. The van der Waals surface area contributed by atoms with E-state index in [-0.39, 0.29) is 18.1 Å². The van der Waals surface area contributed by atoms with Crippen LogP contribution in [-0.2, 0) is 9.59 Å². The molecule has 1 aromatic rings. The standard InChI is InChI=1S/C14H19FN4O3/c1-3-6-16-14(22)19-13(21)8-17-12-7-10(18-9(2)20)4-5-11(12)15/h4-5,7,17H,3,6,8H2,1-2H3,(H,18,20)(H2,16,19,21,22). The highest BCUT2D eigenvalue weighted by atomic mass is 19.1. The van der Waals surface area contributed by atoms with Crippen LogP contribution in [-0.4, -0.2) is 30.9 Å². The predicted molar refractivity (Wildman–Crippen MR) is 81.0 cm³/mol. The first-order valence-corrected chi connectivity index (χ1v) is 6.81. The lowest BCUT2D eigenvalue weighted by Crippen LogP contribution is -2.42. The van der Waals surface area contributed by atoms with Crippen molar-refractivity contribution in [2.24, 2.45) is 0 Å². The minimum Gasteiger partial charge on any atom is -0.374 e. The van der Waals surface area contributed by atoms with Gasteiger partial charge in [-0.25, -0.2) is 9.18 Å². The minimum atomic E-state index is -0.599. The Hall–Kier alpha value is -2.64. The Balaban J connectivity index is 2.54. The monoisotopic (exact) mass is 310 g/mol. The Bertz CT molecular complexity index is 563. The maximum absolute atomic E-state index is 13.6. The van der Waals surface area contributed by atoms with Crippen molar-refractivity contribution in [2.45, 2.75) is 20.3 Å². The van der Waals surface area contributed by atoms with Crippen molar-refractivity contribution >= 4 is 29.2 Å². The summed E-state index contributed by atoms with van der Waals surface area (Å²) in [6.07, 6.45) is 0.751. The van der Waals surface area contributed by atoms with Gasteiger partial charge in [0.15, 0.2) is 0 Å². The van der Waals surface area contributed by atoms with Crippen LogP contribution in [0.25, 0.3) is 0 Å². The summed E-state index contributed by atoms with van der Waals surface area (Å²) in [6, 6.07) is 3.34. The molecule has 120 valence electrons. The lowest BCUT2D eigenvalue weighted by atomic mass is 10.2. The summed E-state index contributed by atoms with van der Waals surface area (Å²) >= 11 is 0. The van der Waals surface area contributed by atoms with E-state index in [4.69, 9.17) is 0 Å². The van der Waals surface area contributed by atoms with E-state index in [0.717, 1.165) is 6.42 Å². The molecule has 8 heteroatoms. The molecule has 7 nitrogen and oxygen atoms in total. The van der Waals surface area contributed by atoms with E-state index in [9.17, 15) is 18.8 Å². The number of benzene rings is 1. The first-order valence-electron chi connectivity index (χ1n) is 6.81. The van der Waals surface area contributed by atoms with Gasteiger partial charge in [-0.05, 0) is 24.6 Å². The van der Waals surface area contributed by atoms with Crippen molar-refractivity contribution in [3.8, 4) is 0 Å². The van der Waals surface area contributed by atoms with Crippen LogP contribution in [0.5, 0.6) is 0 Å². The molecule has 1 rings (SSSR count). The summed E-state index contributed by atoms with van der Waals surface area (Å²) in [5.41, 5.74) is 0.452. The van der Waals surface area contributed by atoms with Crippen LogP contribution in [0, 0.1) is 5.82 Å². The molecule has 0 aliphatic carbocycles. The molecule has 0 aromatic heterocycles. The average molecular weight is 310 g/mol. The van der Waals surface area contributed by atoms with Crippen molar-refractivity contribution in [1.82, 2.24) is 10.6 Å². The quantitative estimate of drug-likeness (QED) is 0.639. The van der Waals surface area contributed by atoms with Crippen molar-refractivity contribution in [3.63, 3.8) is 0 Å². The maximum Gasteiger partial charge on any atom is 0.321 e. The van der Waals surface area contributed by atoms with Crippen LogP contribution in [0.3, 0.4) is 0 Å². The third-order valence-corrected chi connectivity index (χ3v) is 2.51. The number of hydrogen-bond acceptors (Lipinski definition) is 4. The molecular weight excluding hydrogens is 291 g/mol. The Kier molecular flexibility index (Phi) is 6.81. The number of anilines is 2. The van der Waals surface area contributed by atoms with Gasteiger partial charge in [-0.15, -0.1) is 0 Å². The smallest absolute Gasteiger partial charge is 0.321 e. The second-order valence-electron chi connectivity index (χ2n) is 4.53. The molecule has 0 heterocycles. The summed E-state index contributed by atoms with van der Waals surface area (Å²) < 4.78 is 13.6. The van der Waals surface area contributed by atoms with Gasteiger partial charge in [0.05, 0.1) is 12.2 Å². The number of imide groups is 1. The molecule has 0 spiro atoms. The summed E-state index contributed by atoms with van der Waals surface area (Å²) in [6.45, 7) is 3.40. The molecule has 0 aliphatic rings. The largest absolute Gasteiger partial charge is 0.374 e. The van der Waals surface area contributed by atoms with Gasteiger partial charge in [-0.1, -0.05) is 6.92 Å². The zero-order chi connectivity index (χ0) is 16.5. The van der Waals surface area contributed by atoms with Crippen LogP contribution in [0.15, 0.2) is 18.2 Å². The first kappa shape index (κ1) is 17.4. The van der Waals surface area contributed by atoms with Gasteiger partial charge in [0.25, 0.3) is 0 Å². The number of urea groups is 1. The van der Waals surface area contributed by atoms with Crippen LogP contribution in [0.1, 0.15) is 20.3 Å². The van der Waals surface area contributed by atoms with Crippen LogP contribution >= 0.6 is 0 Å². The van der Waals surface area contributed by atoms with Crippen molar-refractivity contribution in [2.75, 3.05) is 23.7 Å². The van der Waals surface area contributed by atoms with E-state index >= 15 is 0 Å². The Labute approximate surface area is 127 Å². The maximum atomic E-state index is 13.6. The third-order valence-electron chi connectivity index (χ3n) is 2.51. The fourth-order valence-electron chi connectivity index (χ4n) is 1.57. The molecule has 4 amide bonds. The number of nitrogens with one attached hydrogen (secondary N) is 4. The minimum absolute atomic E-state index is 0.0513. The van der Waals surface area contributed by atoms with Crippen molar-refractivity contribution in [1.29, 1.82) is 0 Å². The highest BCUT2D eigenvalue weighted by molar-refractivity contribution is 5.96. The number of carbonyl (C=O) groups excluding carboxylic acids is 3.